The van der Waals surface area contributed by atoms with Crippen molar-refractivity contribution in [3.05, 3.63) is 65.6 Å². The standard InChI is InChI=1S/C20H18ClFN4O2/c1-12-7-23-18-5-3-14(8-25(12)18)20-19(13-2-4-17(22)16(21)6-13)24-11-26(20)15(9-27)10-28/h2-8,11,15,27-28H,9-10H2,1H3. The van der Waals surface area contributed by atoms with Gasteiger partial charge < -0.3 is 19.2 Å². The Balaban J connectivity index is 1.97. The van der Waals surface area contributed by atoms with E-state index in [2.05, 4.69) is 9.97 Å². The van der Waals surface area contributed by atoms with Crippen LogP contribution in [0.2, 0.25) is 5.02 Å². The van der Waals surface area contributed by atoms with E-state index in [9.17, 15) is 14.6 Å². The smallest absolute Gasteiger partial charge is 0.141 e. The number of hydrogen-bond donors (Lipinski definition) is 2. The van der Waals surface area contributed by atoms with Crippen LogP contribution in [0.3, 0.4) is 0 Å². The molecular weight excluding hydrogens is 383 g/mol. The van der Waals surface area contributed by atoms with Crippen LogP contribution in [0.5, 0.6) is 0 Å². The van der Waals surface area contributed by atoms with E-state index in [0.29, 0.717) is 17.0 Å². The first kappa shape index (κ1) is 18.6. The van der Waals surface area contributed by atoms with E-state index in [1.165, 1.54) is 12.1 Å². The highest BCUT2D eigenvalue weighted by molar-refractivity contribution is 6.31. The summed E-state index contributed by atoms with van der Waals surface area (Å²) < 4.78 is 17.3. The number of aromatic nitrogens is 4. The van der Waals surface area contributed by atoms with Gasteiger partial charge in [-0.3, -0.25) is 0 Å². The molecule has 3 aromatic heterocycles. The molecule has 28 heavy (non-hydrogen) atoms. The molecule has 144 valence electrons. The van der Waals surface area contributed by atoms with E-state index in [-0.39, 0.29) is 18.2 Å². The summed E-state index contributed by atoms with van der Waals surface area (Å²) in [6.07, 6.45) is 5.26. The van der Waals surface area contributed by atoms with E-state index >= 15 is 0 Å². The maximum Gasteiger partial charge on any atom is 0.141 e. The molecule has 3 heterocycles. The van der Waals surface area contributed by atoms with Gasteiger partial charge in [0.05, 0.1) is 42.0 Å². The minimum Gasteiger partial charge on any atom is -0.394 e. The normalized spacial score (nSPS) is 11.6. The lowest BCUT2D eigenvalue weighted by molar-refractivity contribution is 0.155. The average molecular weight is 401 g/mol. The molecular formula is C20H18ClFN4O2. The molecule has 4 rings (SSSR count). The number of aliphatic hydroxyl groups excluding tert-OH is 2. The molecule has 0 radical (unpaired) electrons. The van der Waals surface area contributed by atoms with Crippen LogP contribution in [0.15, 0.2) is 49.1 Å². The third-order valence-corrected chi connectivity index (χ3v) is 5.06. The molecule has 0 aliphatic rings. The van der Waals surface area contributed by atoms with Gasteiger partial charge >= 0.3 is 0 Å². The number of pyridine rings is 1. The van der Waals surface area contributed by atoms with Crippen LogP contribution in [-0.4, -0.2) is 42.4 Å². The van der Waals surface area contributed by atoms with E-state index in [1.54, 1.807) is 23.2 Å². The summed E-state index contributed by atoms with van der Waals surface area (Å²) in [5, 5.41) is 19.4. The van der Waals surface area contributed by atoms with Crippen molar-refractivity contribution in [2.45, 2.75) is 13.0 Å². The predicted octanol–water partition coefficient (Wildman–Crippen LogP) is 3.49. The van der Waals surface area contributed by atoms with Gasteiger partial charge in [0.15, 0.2) is 0 Å². The van der Waals surface area contributed by atoms with Crippen molar-refractivity contribution >= 4 is 17.2 Å². The Bertz CT molecular complexity index is 1150. The molecule has 0 saturated carbocycles. The van der Waals surface area contributed by atoms with E-state index < -0.39 is 11.9 Å². The van der Waals surface area contributed by atoms with Gasteiger partial charge in [0, 0.05) is 29.2 Å². The van der Waals surface area contributed by atoms with Crippen molar-refractivity contribution in [1.29, 1.82) is 0 Å². The number of imidazole rings is 2. The Kier molecular flexibility index (Phi) is 4.89. The molecule has 4 aromatic rings. The maximum atomic E-state index is 13.6. The maximum absolute atomic E-state index is 13.6. The lowest BCUT2D eigenvalue weighted by atomic mass is 10.1. The topological polar surface area (TPSA) is 75.6 Å². The van der Waals surface area contributed by atoms with Crippen LogP contribution in [0, 0.1) is 12.7 Å². The van der Waals surface area contributed by atoms with Crippen molar-refractivity contribution in [2.75, 3.05) is 13.2 Å². The molecule has 1 aromatic carbocycles. The van der Waals surface area contributed by atoms with Gasteiger partial charge in [-0.2, -0.15) is 0 Å². The van der Waals surface area contributed by atoms with Gasteiger partial charge in [0.2, 0.25) is 0 Å². The van der Waals surface area contributed by atoms with Gasteiger partial charge in [-0.15, -0.1) is 0 Å². The highest BCUT2D eigenvalue weighted by Gasteiger charge is 2.21. The fourth-order valence-electron chi connectivity index (χ4n) is 3.25. The number of benzene rings is 1. The second-order valence-electron chi connectivity index (χ2n) is 6.54. The zero-order valence-corrected chi connectivity index (χ0v) is 15.8. The van der Waals surface area contributed by atoms with Gasteiger partial charge in [0.25, 0.3) is 0 Å². The highest BCUT2D eigenvalue weighted by Crippen LogP contribution is 2.35. The summed E-state index contributed by atoms with van der Waals surface area (Å²) in [5.74, 6) is -0.509. The zero-order chi connectivity index (χ0) is 19.8. The molecule has 0 aliphatic carbocycles. The number of rotatable bonds is 5. The van der Waals surface area contributed by atoms with Crippen LogP contribution in [0.4, 0.5) is 4.39 Å². The molecule has 8 heteroatoms. The first-order chi connectivity index (χ1) is 13.5. The lowest BCUT2D eigenvalue weighted by Crippen LogP contribution is -2.17. The Morgan fingerprint density at radius 1 is 1.11 bits per heavy atom. The van der Waals surface area contributed by atoms with E-state index in [1.807, 2.05) is 29.7 Å². The summed E-state index contributed by atoms with van der Waals surface area (Å²) in [4.78, 5) is 8.81. The van der Waals surface area contributed by atoms with E-state index in [0.717, 1.165) is 16.9 Å². The number of nitrogens with zero attached hydrogens (tertiary/aromatic N) is 4. The lowest BCUT2D eigenvalue weighted by Gasteiger charge is -2.18. The highest BCUT2D eigenvalue weighted by atomic mass is 35.5. The molecule has 0 aliphatic heterocycles. The van der Waals surface area contributed by atoms with Gasteiger partial charge in [-0.05, 0) is 37.3 Å². The minimum absolute atomic E-state index is 0.000211. The van der Waals surface area contributed by atoms with Crippen LogP contribution in [0.25, 0.3) is 28.2 Å². The molecule has 0 atom stereocenters. The molecule has 0 amide bonds. The molecule has 0 saturated heterocycles. The number of halogens is 2. The van der Waals surface area contributed by atoms with Gasteiger partial charge in [-0.25, -0.2) is 14.4 Å². The summed E-state index contributed by atoms with van der Waals surface area (Å²) in [6, 6.07) is 7.63. The molecule has 6 nitrogen and oxygen atoms in total. The third-order valence-electron chi connectivity index (χ3n) is 4.77. The van der Waals surface area contributed by atoms with Crippen molar-refractivity contribution in [2.24, 2.45) is 0 Å². The van der Waals surface area contributed by atoms with Crippen molar-refractivity contribution < 1.29 is 14.6 Å². The van der Waals surface area contributed by atoms with Crippen LogP contribution in [0.1, 0.15) is 11.7 Å². The molecule has 2 N–H and O–H groups in total. The Hall–Kier alpha value is -2.74. The Morgan fingerprint density at radius 2 is 1.86 bits per heavy atom. The number of fused-ring (bicyclic) bond motifs is 1. The second kappa shape index (κ2) is 7.35. The average Bonchev–Trinajstić information content (AvgIpc) is 3.29. The van der Waals surface area contributed by atoms with Gasteiger partial charge in [-0.1, -0.05) is 11.6 Å². The fourth-order valence-corrected chi connectivity index (χ4v) is 3.44. The summed E-state index contributed by atoms with van der Waals surface area (Å²) in [6.45, 7) is 1.44. The summed E-state index contributed by atoms with van der Waals surface area (Å²) >= 11 is 5.97. The molecule has 0 bridgehead atoms. The fraction of sp³-hybridized carbons (Fsp3) is 0.200. The SMILES string of the molecule is Cc1cnc2ccc(-c3c(-c4ccc(F)c(Cl)c4)ncn3C(CO)CO)cn12. The van der Waals surface area contributed by atoms with Crippen LogP contribution in [-0.2, 0) is 0 Å². The first-order valence-electron chi connectivity index (χ1n) is 8.71. The van der Waals surface area contributed by atoms with Crippen LogP contribution < -0.4 is 0 Å². The summed E-state index contributed by atoms with van der Waals surface area (Å²) in [5.41, 5.74) is 4.48. The molecule has 0 unspecified atom stereocenters. The largest absolute Gasteiger partial charge is 0.394 e. The van der Waals surface area contributed by atoms with Crippen LogP contribution >= 0.6 is 11.6 Å². The number of hydrogen-bond acceptors (Lipinski definition) is 4. The molecule has 0 spiro atoms. The van der Waals surface area contributed by atoms with E-state index in [4.69, 9.17) is 11.6 Å². The molecule has 0 fully saturated rings. The minimum atomic E-state index is -0.563. The summed E-state index contributed by atoms with van der Waals surface area (Å²) in [7, 11) is 0. The second-order valence-corrected chi connectivity index (χ2v) is 6.95. The monoisotopic (exact) mass is 400 g/mol. The number of aryl methyl sites for hydroxylation is 1. The van der Waals surface area contributed by atoms with Crippen molar-refractivity contribution in [1.82, 2.24) is 18.9 Å². The van der Waals surface area contributed by atoms with Crippen molar-refractivity contribution in [3.63, 3.8) is 0 Å². The third kappa shape index (κ3) is 3.07. The number of aliphatic hydroxyl groups is 2. The Labute approximate surface area is 165 Å². The van der Waals surface area contributed by atoms with Crippen molar-refractivity contribution in [3.8, 4) is 22.5 Å². The van der Waals surface area contributed by atoms with Gasteiger partial charge in [0.1, 0.15) is 11.5 Å². The zero-order valence-electron chi connectivity index (χ0n) is 15.0. The Morgan fingerprint density at radius 3 is 2.57 bits per heavy atom. The quantitative estimate of drug-likeness (QED) is 0.537. The predicted molar refractivity (Wildman–Crippen MR) is 105 cm³/mol. The first-order valence-corrected chi connectivity index (χ1v) is 9.09.